The summed E-state index contributed by atoms with van der Waals surface area (Å²) in [6.07, 6.45) is 2.91. The third-order valence-electron chi connectivity index (χ3n) is 5.06. The van der Waals surface area contributed by atoms with Gasteiger partial charge < -0.3 is 4.74 Å². The maximum atomic E-state index is 11.5. The van der Waals surface area contributed by atoms with E-state index in [1.807, 2.05) is 41.0 Å². The number of Topliss-reactive ketones (excluding diaryl/α,β-unsaturated/α-hetero) is 1. The van der Waals surface area contributed by atoms with E-state index in [0.29, 0.717) is 18.1 Å². The van der Waals surface area contributed by atoms with Crippen LogP contribution in [0.1, 0.15) is 18.1 Å². The molecule has 1 aliphatic heterocycles. The van der Waals surface area contributed by atoms with Gasteiger partial charge in [-0.15, -0.1) is 21.5 Å². The summed E-state index contributed by atoms with van der Waals surface area (Å²) in [4.78, 5) is 13.7. The first-order valence-electron chi connectivity index (χ1n) is 9.63. The number of hydrogen-bond donors (Lipinski definition) is 0. The molecule has 0 N–H and O–H groups in total. The molecule has 0 saturated carbocycles. The van der Waals surface area contributed by atoms with Crippen molar-refractivity contribution in [3.05, 3.63) is 71.0 Å². The topological polar surface area (TPSA) is 57.0 Å². The average molecular weight is 436 g/mol. The summed E-state index contributed by atoms with van der Waals surface area (Å²) in [5, 5.41) is 9.14. The molecule has 3 heterocycles. The lowest BCUT2D eigenvalue weighted by Crippen LogP contribution is -2.00. The molecule has 0 aliphatic carbocycles. The van der Waals surface area contributed by atoms with E-state index in [0.717, 1.165) is 39.7 Å². The molecule has 0 saturated heterocycles. The van der Waals surface area contributed by atoms with Crippen molar-refractivity contribution in [2.24, 2.45) is 0 Å². The van der Waals surface area contributed by atoms with Gasteiger partial charge in [0.1, 0.15) is 17.9 Å². The summed E-state index contributed by atoms with van der Waals surface area (Å²) in [6, 6.07) is 15.9. The van der Waals surface area contributed by atoms with Crippen LogP contribution in [0.25, 0.3) is 26.8 Å². The summed E-state index contributed by atoms with van der Waals surface area (Å²) in [5.41, 5.74) is 4.09. The number of hydrogen-bond acceptors (Lipinski definition) is 5. The third kappa shape index (κ3) is 3.42. The number of ether oxygens (including phenoxy) is 1. The zero-order valence-electron chi connectivity index (χ0n) is 16.3. The van der Waals surface area contributed by atoms with E-state index in [-0.39, 0.29) is 5.78 Å². The summed E-state index contributed by atoms with van der Waals surface area (Å²) in [5.74, 6) is 1.73. The fourth-order valence-electron chi connectivity index (χ4n) is 3.72. The summed E-state index contributed by atoms with van der Waals surface area (Å²) >= 11 is 8.07. The van der Waals surface area contributed by atoms with Crippen molar-refractivity contribution in [1.29, 1.82) is 0 Å². The number of nitrogens with zero attached hydrogens (tertiary/aromatic N) is 3. The number of benzene rings is 2. The Kier molecular flexibility index (Phi) is 4.89. The molecule has 4 aromatic rings. The second-order valence-corrected chi connectivity index (χ2v) is 8.71. The van der Waals surface area contributed by atoms with Gasteiger partial charge in [-0.25, -0.2) is 0 Å². The molecule has 150 valence electrons. The molecule has 0 unspecified atom stereocenters. The molecule has 0 radical (unpaired) electrons. The van der Waals surface area contributed by atoms with Crippen LogP contribution in [0.2, 0.25) is 5.02 Å². The minimum atomic E-state index is 0.140. The quantitative estimate of drug-likeness (QED) is 0.431. The summed E-state index contributed by atoms with van der Waals surface area (Å²) in [6.45, 7) is 2.20. The van der Waals surface area contributed by atoms with E-state index in [9.17, 15) is 4.79 Å². The van der Waals surface area contributed by atoms with Gasteiger partial charge in [0, 0.05) is 23.3 Å². The van der Waals surface area contributed by atoms with Crippen molar-refractivity contribution in [2.75, 3.05) is 6.61 Å². The molecular formula is C23H18ClN3O2S. The summed E-state index contributed by atoms with van der Waals surface area (Å²) < 4.78 is 7.91. The lowest BCUT2D eigenvalue weighted by molar-refractivity contribution is -0.116. The Morgan fingerprint density at radius 3 is 2.93 bits per heavy atom. The van der Waals surface area contributed by atoms with Gasteiger partial charge in [-0.05, 0) is 48.4 Å². The van der Waals surface area contributed by atoms with Gasteiger partial charge in [0.05, 0.1) is 22.2 Å². The van der Waals surface area contributed by atoms with Gasteiger partial charge >= 0.3 is 0 Å². The number of carbonyl (C=O) groups is 1. The highest BCUT2D eigenvalue weighted by atomic mass is 35.5. The van der Waals surface area contributed by atoms with Crippen LogP contribution < -0.4 is 4.74 Å². The standard InChI is InChI=1S/C23H18ClN3O2S/c1-14(28)10-15-6-7-17-20(11-15)29-9-8-16-12-21(30-22(16)17)23-26-25-13-27(23)19-5-3-2-4-18(19)24/h2-7,11-13H,8-10H2,1H3. The molecule has 0 bridgehead atoms. The number of fused-ring (bicyclic) bond motifs is 3. The van der Waals surface area contributed by atoms with E-state index in [1.54, 1.807) is 24.6 Å². The van der Waals surface area contributed by atoms with Gasteiger partial charge in [-0.2, -0.15) is 0 Å². The molecule has 0 fully saturated rings. The lowest BCUT2D eigenvalue weighted by atomic mass is 10.0. The molecule has 0 spiro atoms. The molecule has 0 atom stereocenters. The van der Waals surface area contributed by atoms with Crippen molar-refractivity contribution in [3.8, 4) is 32.6 Å². The first kappa shape index (κ1) is 19.0. The smallest absolute Gasteiger partial charge is 0.178 e. The predicted octanol–water partition coefficient (Wildman–Crippen LogP) is 5.38. The summed E-state index contributed by atoms with van der Waals surface area (Å²) in [7, 11) is 0. The largest absolute Gasteiger partial charge is 0.493 e. The van der Waals surface area contributed by atoms with Crippen molar-refractivity contribution in [2.45, 2.75) is 19.8 Å². The Morgan fingerprint density at radius 1 is 1.23 bits per heavy atom. The zero-order valence-corrected chi connectivity index (χ0v) is 17.8. The van der Waals surface area contributed by atoms with Crippen LogP contribution in [0.15, 0.2) is 54.9 Å². The molecule has 30 heavy (non-hydrogen) atoms. The number of para-hydroxylation sites is 1. The van der Waals surface area contributed by atoms with Crippen molar-refractivity contribution in [3.63, 3.8) is 0 Å². The first-order chi connectivity index (χ1) is 14.6. The van der Waals surface area contributed by atoms with Crippen LogP contribution in [-0.2, 0) is 17.6 Å². The molecule has 2 aromatic heterocycles. The van der Waals surface area contributed by atoms with Crippen LogP contribution >= 0.6 is 22.9 Å². The average Bonchev–Trinajstić information content (AvgIpc) is 3.32. The predicted molar refractivity (Wildman–Crippen MR) is 119 cm³/mol. The third-order valence-corrected chi connectivity index (χ3v) is 6.59. The van der Waals surface area contributed by atoms with Gasteiger partial charge in [0.25, 0.3) is 0 Å². The van der Waals surface area contributed by atoms with E-state index >= 15 is 0 Å². The van der Waals surface area contributed by atoms with Gasteiger partial charge in [0.2, 0.25) is 0 Å². The van der Waals surface area contributed by atoms with Crippen LogP contribution in [0, 0.1) is 0 Å². The van der Waals surface area contributed by atoms with Crippen LogP contribution in [0.4, 0.5) is 0 Å². The fraction of sp³-hybridized carbons (Fsp3) is 0.174. The minimum absolute atomic E-state index is 0.140. The molecular weight excluding hydrogens is 418 g/mol. The Hall–Kier alpha value is -2.96. The van der Waals surface area contributed by atoms with Crippen LogP contribution in [0.3, 0.4) is 0 Å². The first-order valence-corrected chi connectivity index (χ1v) is 10.8. The monoisotopic (exact) mass is 435 g/mol. The van der Waals surface area contributed by atoms with E-state index in [1.165, 1.54) is 10.4 Å². The lowest BCUT2D eigenvalue weighted by Gasteiger charge is -2.09. The van der Waals surface area contributed by atoms with E-state index in [2.05, 4.69) is 22.3 Å². The molecule has 1 aliphatic rings. The maximum Gasteiger partial charge on any atom is 0.178 e. The number of halogens is 1. The number of ketones is 1. The highest BCUT2D eigenvalue weighted by Gasteiger charge is 2.22. The molecule has 2 aromatic carbocycles. The van der Waals surface area contributed by atoms with Crippen molar-refractivity contribution < 1.29 is 9.53 Å². The highest BCUT2D eigenvalue weighted by molar-refractivity contribution is 7.19. The van der Waals surface area contributed by atoms with Crippen molar-refractivity contribution in [1.82, 2.24) is 14.8 Å². The molecule has 5 nitrogen and oxygen atoms in total. The number of thiophene rings is 1. The van der Waals surface area contributed by atoms with Crippen LogP contribution in [0.5, 0.6) is 5.75 Å². The molecule has 5 rings (SSSR count). The Labute approximate surface area is 182 Å². The Balaban J connectivity index is 1.59. The van der Waals surface area contributed by atoms with Gasteiger partial charge in [-0.3, -0.25) is 9.36 Å². The number of carbonyl (C=O) groups excluding carboxylic acids is 1. The second kappa shape index (κ2) is 7.70. The second-order valence-electron chi connectivity index (χ2n) is 7.25. The SMILES string of the molecule is CC(=O)Cc1ccc2c(c1)OCCc1cc(-c3nncn3-c3ccccc3Cl)sc1-2. The molecule has 0 amide bonds. The van der Waals surface area contributed by atoms with Crippen LogP contribution in [-0.4, -0.2) is 27.2 Å². The van der Waals surface area contributed by atoms with Gasteiger partial charge in [-0.1, -0.05) is 29.8 Å². The molecule has 7 heteroatoms. The van der Waals surface area contributed by atoms with Crippen molar-refractivity contribution >= 4 is 28.7 Å². The minimum Gasteiger partial charge on any atom is -0.493 e. The maximum absolute atomic E-state index is 11.5. The highest BCUT2D eigenvalue weighted by Crippen LogP contribution is 2.44. The van der Waals surface area contributed by atoms with E-state index in [4.69, 9.17) is 16.3 Å². The fourth-order valence-corrected chi connectivity index (χ4v) is 5.17. The zero-order chi connectivity index (χ0) is 20.7. The van der Waals surface area contributed by atoms with Gasteiger partial charge in [0.15, 0.2) is 5.82 Å². The number of aromatic nitrogens is 3. The normalized spacial score (nSPS) is 12.6. The Bertz CT molecular complexity index is 1260. The van der Waals surface area contributed by atoms with E-state index < -0.39 is 0 Å². The number of rotatable bonds is 4. The Morgan fingerprint density at radius 2 is 2.10 bits per heavy atom.